The molecule has 0 aliphatic heterocycles. The molecule has 0 aromatic heterocycles. The number of aliphatic hydroxyl groups excluding tert-OH is 2. The van der Waals surface area contributed by atoms with E-state index >= 15 is 0 Å². The third-order valence-electron chi connectivity index (χ3n) is 0.833. The van der Waals surface area contributed by atoms with Gasteiger partial charge in [-0.25, -0.2) is 0 Å². The highest BCUT2D eigenvalue weighted by atomic mass is 79.9. The van der Waals surface area contributed by atoms with Crippen molar-refractivity contribution in [2.75, 3.05) is 13.2 Å². The normalized spacial score (nSPS) is 8.27. The van der Waals surface area contributed by atoms with E-state index in [0.29, 0.717) is 0 Å². The molecule has 0 spiro atoms. The minimum atomic E-state index is -0.125. The van der Waals surface area contributed by atoms with Crippen LogP contribution in [0.5, 0.6) is 0 Å². The molecule has 0 aliphatic carbocycles. The molecule has 2 nitrogen and oxygen atoms in total. The summed E-state index contributed by atoms with van der Waals surface area (Å²) in [4.78, 5) is 0. The van der Waals surface area contributed by atoms with Crippen LogP contribution >= 0.6 is 15.9 Å². The largest absolute Gasteiger partial charge is 0.394 e. The monoisotopic (exact) mass is 218 g/mol. The summed E-state index contributed by atoms with van der Waals surface area (Å²) in [6, 6.07) is 9.97. The van der Waals surface area contributed by atoms with Crippen LogP contribution in [0.3, 0.4) is 0 Å². The van der Waals surface area contributed by atoms with Gasteiger partial charge in [-0.1, -0.05) is 34.1 Å². The van der Waals surface area contributed by atoms with Crippen LogP contribution in [-0.4, -0.2) is 23.4 Å². The number of hydrogen-bond acceptors (Lipinski definition) is 2. The van der Waals surface area contributed by atoms with Crippen molar-refractivity contribution in [2.45, 2.75) is 0 Å². The van der Waals surface area contributed by atoms with E-state index in [0.717, 1.165) is 4.47 Å². The van der Waals surface area contributed by atoms with Crippen LogP contribution in [0.1, 0.15) is 0 Å². The van der Waals surface area contributed by atoms with Gasteiger partial charge in [-0.05, 0) is 12.1 Å². The fourth-order valence-electron chi connectivity index (χ4n) is 0.415. The summed E-state index contributed by atoms with van der Waals surface area (Å²) in [6.45, 7) is -0.250. The lowest BCUT2D eigenvalue weighted by atomic mass is 10.4. The van der Waals surface area contributed by atoms with Crippen LogP contribution in [0.25, 0.3) is 0 Å². The van der Waals surface area contributed by atoms with Crippen molar-refractivity contribution >= 4 is 15.9 Å². The number of halogens is 1. The van der Waals surface area contributed by atoms with Gasteiger partial charge in [0.05, 0.1) is 13.2 Å². The molecule has 62 valence electrons. The molecular formula is C8H11BrO2. The average Bonchev–Trinajstić information content (AvgIpc) is 2.07. The second-order valence-electron chi connectivity index (χ2n) is 1.74. The van der Waals surface area contributed by atoms with Gasteiger partial charge in [-0.15, -0.1) is 0 Å². The highest BCUT2D eigenvalue weighted by molar-refractivity contribution is 9.10. The molecule has 0 amide bonds. The van der Waals surface area contributed by atoms with Crippen molar-refractivity contribution in [1.29, 1.82) is 0 Å². The van der Waals surface area contributed by atoms with Gasteiger partial charge >= 0.3 is 0 Å². The van der Waals surface area contributed by atoms with Gasteiger partial charge in [0, 0.05) is 4.47 Å². The van der Waals surface area contributed by atoms with Crippen molar-refractivity contribution in [3.05, 3.63) is 34.8 Å². The first-order valence-electron chi connectivity index (χ1n) is 3.23. The second-order valence-corrected chi connectivity index (χ2v) is 2.66. The highest BCUT2D eigenvalue weighted by Crippen LogP contribution is 2.05. The molecule has 0 aliphatic rings. The van der Waals surface area contributed by atoms with Gasteiger partial charge in [0.25, 0.3) is 0 Å². The Kier molecular flexibility index (Phi) is 7.46. The first-order valence-corrected chi connectivity index (χ1v) is 4.03. The van der Waals surface area contributed by atoms with E-state index in [1.165, 1.54) is 0 Å². The molecule has 3 heteroatoms. The molecule has 1 aromatic rings. The second kappa shape index (κ2) is 7.72. The van der Waals surface area contributed by atoms with E-state index in [-0.39, 0.29) is 13.2 Å². The SMILES string of the molecule is Brc1ccccc1.OCCO. The standard InChI is InChI=1S/C6H5Br.C2H6O2/c7-6-4-2-1-3-5-6;3-1-2-4/h1-5H;3-4H,1-2H2. The van der Waals surface area contributed by atoms with Crippen LogP contribution in [-0.2, 0) is 0 Å². The molecule has 0 radical (unpaired) electrons. The summed E-state index contributed by atoms with van der Waals surface area (Å²) in [6.07, 6.45) is 0. The molecular weight excluding hydrogens is 208 g/mol. The Hall–Kier alpha value is -0.380. The average molecular weight is 219 g/mol. The summed E-state index contributed by atoms with van der Waals surface area (Å²) < 4.78 is 1.13. The Morgan fingerprint density at radius 2 is 1.45 bits per heavy atom. The topological polar surface area (TPSA) is 40.5 Å². The van der Waals surface area contributed by atoms with E-state index in [9.17, 15) is 0 Å². The van der Waals surface area contributed by atoms with E-state index in [1.807, 2.05) is 30.3 Å². The fraction of sp³-hybridized carbons (Fsp3) is 0.250. The number of benzene rings is 1. The summed E-state index contributed by atoms with van der Waals surface area (Å²) in [5.41, 5.74) is 0. The number of hydrogen-bond donors (Lipinski definition) is 2. The summed E-state index contributed by atoms with van der Waals surface area (Å²) in [5, 5.41) is 15.2. The van der Waals surface area contributed by atoms with Crippen molar-refractivity contribution in [2.24, 2.45) is 0 Å². The fourth-order valence-corrected chi connectivity index (χ4v) is 0.720. The van der Waals surface area contributed by atoms with Gasteiger partial charge in [0.15, 0.2) is 0 Å². The predicted octanol–water partition coefficient (Wildman–Crippen LogP) is 1.42. The van der Waals surface area contributed by atoms with Gasteiger partial charge in [-0.3, -0.25) is 0 Å². The maximum Gasteiger partial charge on any atom is 0.0662 e. The van der Waals surface area contributed by atoms with Crippen LogP contribution < -0.4 is 0 Å². The third kappa shape index (κ3) is 7.52. The van der Waals surface area contributed by atoms with E-state index in [4.69, 9.17) is 10.2 Å². The minimum Gasteiger partial charge on any atom is -0.394 e. The lowest BCUT2D eigenvalue weighted by Gasteiger charge is -1.80. The smallest absolute Gasteiger partial charge is 0.0662 e. The Balaban J connectivity index is 0.000000218. The minimum absolute atomic E-state index is 0.125. The van der Waals surface area contributed by atoms with Gasteiger partial charge < -0.3 is 10.2 Å². The maximum atomic E-state index is 7.62. The lowest BCUT2D eigenvalue weighted by Crippen LogP contribution is -1.85. The lowest BCUT2D eigenvalue weighted by molar-refractivity contribution is 0.186. The van der Waals surface area contributed by atoms with Crippen molar-refractivity contribution in [3.8, 4) is 0 Å². The van der Waals surface area contributed by atoms with Crippen molar-refractivity contribution in [1.82, 2.24) is 0 Å². The third-order valence-corrected chi connectivity index (χ3v) is 1.36. The molecule has 0 saturated heterocycles. The van der Waals surface area contributed by atoms with Crippen LogP contribution in [0.4, 0.5) is 0 Å². The predicted molar refractivity (Wildman–Crippen MR) is 48.3 cm³/mol. The molecule has 0 atom stereocenters. The van der Waals surface area contributed by atoms with Gasteiger partial charge in [0.2, 0.25) is 0 Å². The maximum absolute atomic E-state index is 7.62. The molecule has 1 aromatic carbocycles. The van der Waals surface area contributed by atoms with Crippen LogP contribution in [0.15, 0.2) is 34.8 Å². The number of aliphatic hydroxyl groups is 2. The zero-order valence-electron chi connectivity index (χ0n) is 6.07. The Morgan fingerprint density at radius 3 is 1.64 bits per heavy atom. The Labute approximate surface area is 74.6 Å². The molecule has 1 rings (SSSR count). The summed E-state index contributed by atoms with van der Waals surface area (Å²) in [5.74, 6) is 0. The quantitative estimate of drug-likeness (QED) is 0.749. The first-order chi connectivity index (χ1) is 5.31. The molecule has 11 heavy (non-hydrogen) atoms. The molecule has 2 N–H and O–H groups in total. The first kappa shape index (κ1) is 10.6. The molecule has 0 saturated carbocycles. The van der Waals surface area contributed by atoms with E-state index in [2.05, 4.69) is 15.9 Å². The van der Waals surface area contributed by atoms with E-state index in [1.54, 1.807) is 0 Å². The highest BCUT2D eigenvalue weighted by Gasteiger charge is 1.74. The van der Waals surface area contributed by atoms with Crippen LogP contribution in [0, 0.1) is 0 Å². The molecule has 0 fully saturated rings. The summed E-state index contributed by atoms with van der Waals surface area (Å²) >= 11 is 3.31. The molecule has 0 bridgehead atoms. The zero-order valence-corrected chi connectivity index (χ0v) is 7.66. The number of rotatable bonds is 1. The molecule has 0 heterocycles. The van der Waals surface area contributed by atoms with E-state index < -0.39 is 0 Å². The van der Waals surface area contributed by atoms with Crippen molar-refractivity contribution in [3.63, 3.8) is 0 Å². The zero-order chi connectivity index (χ0) is 8.53. The van der Waals surface area contributed by atoms with Gasteiger partial charge in [0.1, 0.15) is 0 Å². The van der Waals surface area contributed by atoms with Crippen LogP contribution in [0.2, 0.25) is 0 Å². The van der Waals surface area contributed by atoms with Gasteiger partial charge in [-0.2, -0.15) is 0 Å². The Bertz CT molecular complexity index is 163. The summed E-state index contributed by atoms with van der Waals surface area (Å²) in [7, 11) is 0. The Morgan fingerprint density at radius 1 is 1.00 bits per heavy atom. The van der Waals surface area contributed by atoms with Crippen molar-refractivity contribution < 1.29 is 10.2 Å². The molecule has 0 unspecified atom stereocenters.